The Hall–Kier alpha value is -2.76. The molecule has 0 saturated carbocycles. The predicted molar refractivity (Wildman–Crippen MR) is 85.3 cm³/mol. The van der Waals surface area contributed by atoms with E-state index in [2.05, 4.69) is 15.8 Å². The molecule has 0 aliphatic heterocycles. The molecule has 116 valence electrons. The number of hydrogen-bond donors (Lipinski definition) is 2. The van der Waals surface area contributed by atoms with Crippen molar-refractivity contribution < 1.29 is 13.9 Å². The summed E-state index contributed by atoms with van der Waals surface area (Å²) >= 11 is 0. The molecule has 0 spiro atoms. The molecule has 22 heavy (non-hydrogen) atoms. The molecule has 2 aromatic rings. The number of furan rings is 1. The van der Waals surface area contributed by atoms with Gasteiger partial charge in [-0.25, -0.2) is 5.43 Å². The second-order valence-corrected chi connectivity index (χ2v) is 4.55. The summed E-state index contributed by atoms with van der Waals surface area (Å²) in [6.45, 7) is 4.53. The molecular formula is C16H19N3O3. The molecule has 0 aliphatic rings. The zero-order valence-corrected chi connectivity index (χ0v) is 12.6. The minimum absolute atomic E-state index is 0.127. The van der Waals surface area contributed by atoms with Crippen molar-refractivity contribution in [3.63, 3.8) is 0 Å². The van der Waals surface area contributed by atoms with Crippen LogP contribution in [0.15, 0.2) is 45.9 Å². The molecule has 0 atom stereocenters. The maximum Gasteiger partial charge on any atom is 0.259 e. The zero-order chi connectivity index (χ0) is 15.8. The van der Waals surface area contributed by atoms with Gasteiger partial charge >= 0.3 is 0 Å². The van der Waals surface area contributed by atoms with Crippen molar-refractivity contribution in [1.29, 1.82) is 0 Å². The van der Waals surface area contributed by atoms with Crippen LogP contribution in [0.5, 0.6) is 5.75 Å². The summed E-state index contributed by atoms with van der Waals surface area (Å²) in [7, 11) is 0. The van der Waals surface area contributed by atoms with E-state index in [4.69, 9.17) is 9.15 Å². The van der Waals surface area contributed by atoms with Crippen LogP contribution >= 0.6 is 0 Å². The number of carbonyl (C=O) groups excluding carboxylic acids is 1. The number of nitrogens with one attached hydrogen (secondary N) is 2. The van der Waals surface area contributed by atoms with Crippen LogP contribution in [0.4, 0.5) is 5.69 Å². The first-order valence-corrected chi connectivity index (χ1v) is 7.02. The van der Waals surface area contributed by atoms with Crippen LogP contribution in [-0.2, 0) is 4.79 Å². The fraction of sp³-hybridized carbons (Fsp3) is 0.250. The number of amides is 1. The van der Waals surface area contributed by atoms with Crippen molar-refractivity contribution in [1.82, 2.24) is 5.43 Å². The lowest BCUT2D eigenvalue weighted by molar-refractivity contribution is -0.119. The fourth-order valence-corrected chi connectivity index (χ4v) is 1.75. The highest BCUT2D eigenvalue weighted by molar-refractivity contribution is 5.83. The van der Waals surface area contributed by atoms with E-state index in [-0.39, 0.29) is 12.5 Å². The molecule has 1 aromatic heterocycles. The maximum atomic E-state index is 11.6. The van der Waals surface area contributed by atoms with Gasteiger partial charge in [0.05, 0.1) is 19.4 Å². The van der Waals surface area contributed by atoms with Gasteiger partial charge < -0.3 is 14.5 Å². The first-order valence-electron chi connectivity index (χ1n) is 7.02. The van der Waals surface area contributed by atoms with E-state index in [0.717, 1.165) is 17.2 Å². The minimum atomic E-state index is -0.242. The molecule has 0 fully saturated rings. The van der Waals surface area contributed by atoms with Gasteiger partial charge in [-0.3, -0.25) is 4.79 Å². The van der Waals surface area contributed by atoms with Crippen molar-refractivity contribution in [2.45, 2.75) is 13.8 Å². The third kappa shape index (κ3) is 4.97. The lowest BCUT2D eigenvalue weighted by atomic mass is 10.3. The van der Waals surface area contributed by atoms with Gasteiger partial charge in [0.2, 0.25) is 0 Å². The summed E-state index contributed by atoms with van der Waals surface area (Å²) in [6.07, 6.45) is 1.46. The van der Waals surface area contributed by atoms with Gasteiger partial charge in [0.15, 0.2) is 0 Å². The SMILES string of the molecule is CCOc1ccc(NCC(=O)N/N=C\c2ccc(C)o2)cc1. The molecule has 0 saturated heterocycles. The summed E-state index contributed by atoms with van der Waals surface area (Å²) in [5.74, 6) is 1.95. The van der Waals surface area contributed by atoms with E-state index in [9.17, 15) is 4.79 Å². The Balaban J connectivity index is 1.74. The average Bonchev–Trinajstić information content (AvgIpc) is 2.92. The Morgan fingerprint density at radius 1 is 1.27 bits per heavy atom. The smallest absolute Gasteiger partial charge is 0.259 e. The van der Waals surface area contributed by atoms with Crippen LogP contribution < -0.4 is 15.5 Å². The molecule has 0 aliphatic carbocycles. The van der Waals surface area contributed by atoms with Crippen molar-refractivity contribution in [3.05, 3.63) is 47.9 Å². The average molecular weight is 301 g/mol. The number of aryl methyl sites for hydroxylation is 1. The Labute approximate surface area is 129 Å². The highest BCUT2D eigenvalue weighted by atomic mass is 16.5. The summed E-state index contributed by atoms with van der Waals surface area (Å²) in [4.78, 5) is 11.6. The number of anilines is 1. The molecule has 6 nitrogen and oxygen atoms in total. The van der Waals surface area contributed by atoms with Crippen molar-refractivity contribution in [2.75, 3.05) is 18.5 Å². The molecule has 2 N–H and O–H groups in total. The number of carbonyl (C=O) groups is 1. The van der Waals surface area contributed by atoms with Crippen LogP contribution in [0, 0.1) is 6.92 Å². The first kappa shape index (κ1) is 15.6. The Bertz CT molecular complexity index is 632. The molecule has 0 unspecified atom stereocenters. The number of nitrogens with zero attached hydrogens (tertiary/aromatic N) is 1. The van der Waals surface area contributed by atoms with Crippen LogP contribution in [0.3, 0.4) is 0 Å². The van der Waals surface area contributed by atoms with Crippen LogP contribution in [0.2, 0.25) is 0 Å². The molecular weight excluding hydrogens is 282 g/mol. The minimum Gasteiger partial charge on any atom is -0.494 e. The Morgan fingerprint density at radius 2 is 2.05 bits per heavy atom. The van der Waals surface area contributed by atoms with Crippen LogP contribution in [-0.4, -0.2) is 25.3 Å². The predicted octanol–water partition coefficient (Wildman–Crippen LogP) is 2.55. The largest absolute Gasteiger partial charge is 0.494 e. The van der Waals surface area contributed by atoms with Crippen molar-refractivity contribution in [3.8, 4) is 5.75 Å². The molecule has 1 heterocycles. The molecule has 1 aromatic carbocycles. The van der Waals surface area contributed by atoms with Gasteiger partial charge in [-0.2, -0.15) is 5.10 Å². The molecule has 6 heteroatoms. The highest BCUT2D eigenvalue weighted by Crippen LogP contribution is 2.15. The zero-order valence-electron chi connectivity index (χ0n) is 12.6. The van der Waals surface area contributed by atoms with E-state index >= 15 is 0 Å². The van der Waals surface area contributed by atoms with E-state index in [1.54, 1.807) is 6.07 Å². The topological polar surface area (TPSA) is 75.9 Å². The number of hydrazone groups is 1. The summed E-state index contributed by atoms with van der Waals surface area (Å²) in [5.41, 5.74) is 3.26. The summed E-state index contributed by atoms with van der Waals surface area (Å²) in [6, 6.07) is 11.0. The van der Waals surface area contributed by atoms with Crippen LogP contribution in [0.25, 0.3) is 0 Å². The second-order valence-electron chi connectivity index (χ2n) is 4.55. The van der Waals surface area contributed by atoms with Crippen molar-refractivity contribution >= 4 is 17.8 Å². The standard InChI is InChI=1S/C16H19N3O3/c1-3-21-14-8-5-13(6-9-14)17-11-16(20)19-18-10-15-7-4-12(2)22-15/h4-10,17H,3,11H2,1-2H3,(H,19,20)/b18-10-. The third-order valence-corrected chi connectivity index (χ3v) is 2.76. The number of rotatable bonds is 7. The second kappa shape index (κ2) is 7.87. The fourth-order valence-electron chi connectivity index (χ4n) is 1.75. The van der Waals surface area contributed by atoms with Gasteiger partial charge in [0.1, 0.15) is 17.3 Å². The molecule has 1 amide bonds. The number of benzene rings is 1. The van der Waals surface area contributed by atoms with E-state index in [1.807, 2.05) is 44.2 Å². The van der Waals surface area contributed by atoms with E-state index in [0.29, 0.717) is 12.4 Å². The van der Waals surface area contributed by atoms with Gasteiger partial charge in [-0.15, -0.1) is 0 Å². The van der Waals surface area contributed by atoms with E-state index < -0.39 is 0 Å². The quantitative estimate of drug-likeness (QED) is 0.608. The lowest BCUT2D eigenvalue weighted by Gasteiger charge is -2.07. The third-order valence-electron chi connectivity index (χ3n) is 2.76. The van der Waals surface area contributed by atoms with Gasteiger partial charge in [-0.1, -0.05) is 0 Å². The number of ether oxygens (including phenoxy) is 1. The Morgan fingerprint density at radius 3 is 2.68 bits per heavy atom. The monoisotopic (exact) mass is 301 g/mol. The van der Waals surface area contributed by atoms with Crippen LogP contribution in [0.1, 0.15) is 18.4 Å². The summed E-state index contributed by atoms with van der Waals surface area (Å²) in [5, 5.41) is 6.83. The van der Waals surface area contributed by atoms with Gasteiger partial charge in [0.25, 0.3) is 5.91 Å². The molecule has 0 bridgehead atoms. The highest BCUT2D eigenvalue weighted by Gasteiger charge is 2.00. The van der Waals surface area contributed by atoms with E-state index in [1.165, 1.54) is 6.21 Å². The number of hydrogen-bond acceptors (Lipinski definition) is 5. The van der Waals surface area contributed by atoms with Gasteiger partial charge in [0, 0.05) is 5.69 Å². The van der Waals surface area contributed by atoms with Gasteiger partial charge in [-0.05, 0) is 50.2 Å². The first-order chi connectivity index (χ1) is 10.7. The summed E-state index contributed by atoms with van der Waals surface area (Å²) < 4.78 is 10.6. The molecule has 0 radical (unpaired) electrons. The lowest BCUT2D eigenvalue weighted by Crippen LogP contribution is -2.25. The van der Waals surface area contributed by atoms with Crippen molar-refractivity contribution in [2.24, 2.45) is 5.10 Å². The molecule has 2 rings (SSSR count). The normalized spacial score (nSPS) is 10.6. The maximum absolute atomic E-state index is 11.6. The Kier molecular flexibility index (Phi) is 5.59.